The predicted molar refractivity (Wildman–Crippen MR) is 53.4 cm³/mol. The smallest absolute Gasteiger partial charge is 0.0991 e. The van der Waals surface area contributed by atoms with Crippen LogP contribution in [0.4, 0.5) is 0 Å². The molecule has 0 amide bonds. The van der Waals surface area contributed by atoms with E-state index in [1.165, 1.54) is 4.90 Å². The van der Waals surface area contributed by atoms with Crippen LogP contribution in [-0.4, -0.2) is 5.75 Å². The van der Waals surface area contributed by atoms with Gasteiger partial charge >= 0.3 is 0 Å². The van der Waals surface area contributed by atoms with Gasteiger partial charge in [-0.2, -0.15) is 5.26 Å². The molecule has 2 rings (SSSR count). The van der Waals surface area contributed by atoms with E-state index in [1.807, 2.05) is 30.0 Å². The summed E-state index contributed by atoms with van der Waals surface area (Å²) in [7, 11) is 0. The maximum atomic E-state index is 8.73. The SMILES string of the molecule is N#Cc1ccc2c(c1)[C@H](N)CCS2. The van der Waals surface area contributed by atoms with Crippen LogP contribution in [0.1, 0.15) is 23.6 Å². The minimum absolute atomic E-state index is 0.115. The van der Waals surface area contributed by atoms with Crippen LogP contribution in [0.5, 0.6) is 0 Å². The van der Waals surface area contributed by atoms with Crippen molar-refractivity contribution in [3.8, 4) is 6.07 Å². The summed E-state index contributed by atoms with van der Waals surface area (Å²) >= 11 is 1.82. The Balaban J connectivity index is 2.48. The number of nitrogens with zero attached hydrogens (tertiary/aromatic N) is 1. The summed E-state index contributed by atoms with van der Waals surface area (Å²) in [4.78, 5) is 1.23. The maximum absolute atomic E-state index is 8.73. The highest BCUT2D eigenvalue weighted by Crippen LogP contribution is 2.35. The van der Waals surface area contributed by atoms with Gasteiger partial charge in [0.2, 0.25) is 0 Å². The summed E-state index contributed by atoms with van der Waals surface area (Å²) in [6.07, 6.45) is 1.01. The van der Waals surface area contributed by atoms with Crippen LogP contribution in [0.3, 0.4) is 0 Å². The lowest BCUT2D eigenvalue weighted by Gasteiger charge is -2.21. The van der Waals surface area contributed by atoms with E-state index in [1.54, 1.807) is 0 Å². The van der Waals surface area contributed by atoms with Crippen molar-refractivity contribution in [1.29, 1.82) is 5.26 Å². The van der Waals surface area contributed by atoms with E-state index in [-0.39, 0.29) is 6.04 Å². The minimum Gasteiger partial charge on any atom is -0.324 e. The molecule has 1 aliphatic heterocycles. The van der Waals surface area contributed by atoms with Gasteiger partial charge in [-0.05, 0) is 35.9 Å². The molecule has 0 radical (unpaired) electrons. The summed E-state index contributed by atoms with van der Waals surface area (Å²) in [5, 5.41) is 8.73. The highest BCUT2D eigenvalue weighted by Gasteiger charge is 2.17. The van der Waals surface area contributed by atoms with Gasteiger partial charge in [0, 0.05) is 10.9 Å². The monoisotopic (exact) mass is 190 g/mol. The van der Waals surface area contributed by atoms with Gasteiger partial charge < -0.3 is 5.73 Å². The molecular weight excluding hydrogens is 180 g/mol. The van der Waals surface area contributed by atoms with Crippen LogP contribution in [0, 0.1) is 11.3 Å². The average Bonchev–Trinajstić information content (AvgIpc) is 2.18. The standard InChI is InChI=1S/C10H10N2S/c11-6-7-1-2-10-8(5-7)9(12)3-4-13-10/h1-2,5,9H,3-4,12H2/t9-/m1/s1. The summed E-state index contributed by atoms with van der Waals surface area (Å²) in [6, 6.07) is 8.01. The first-order valence-corrected chi connectivity index (χ1v) is 5.22. The molecule has 0 saturated heterocycles. The third kappa shape index (κ3) is 1.55. The predicted octanol–water partition coefficient (Wildman–Crippen LogP) is 2.05. The molecule has 0 spiro atoms. The van der Waals surface area contributed by atoms with Crippen LogP contribution >= 0.6 is 11.8 Å². The number of hydrogen-bond donors (Lipinski definition) is 1. The molecule has 0 aromatic heterocycles. The van der Waals surface area contributed by atoms with Crippen molar-refractivity contribution in [3.63, 3.8) is 0 Å². The van der Waals surface area contributed by atoms with Crippen LogP contribution in [-0.2, 0) is 0 Å². The Labute approximate surface area is 81.7 Å². The van der Waals surface area contributed by atoms with Crippen LogP contribution < -0.4 is 5.73 Å². The number of hydrogen-bond acceptors (Lipinski definition) is 3. The van der Waals surface area contributed by atoms with E-state index in [4.69, 9.17) is 11.0 Å². The third-order valence-electron chi connectivity index (χ3n) is 2.22. The molecule has 0 bridgehead atoms. The first-order chi connectivity index (χ1) is 6.31. The molecule has 3 heteroatoms. The van der Waals surface area contributed by atoms with Crippen molar-refractivity contribution >= 4 is 11.8 Å². The molecule has 2 N–H and O–H groups in total. The number of nitrogens with two attached hydrogens (primary N) is 1. The zero-order chi connectivity index (χ0) is 9.26. The molecule has 13 heavy (non-hydrogen) atoms. The highest BCUT2D eigenvalue weighted by atomic mass is 32.2. The topological polar surface area (TPSA) is 49.8 Å². The Hall–Kier alpha value is -0.980. The summed E-state index contributed by atoms with van der Waals surface area (Å²) in [5.74, 6) is 1.08. The van der Waals surface area contributed by atoms with Gasteiger partial charge in [-0.15, -0.1) is 11.8 Å². The lowest BCUT2D eigenvalue weighted by Crippen LogP contribution is -2.15. The second-order valence-corrected chi connectivity index (χ2v) is 4.24. The summed E-state index contributed by atoms with van der Waals surface area (Å²) in [6.45, 7) is 0. The van der Waals surface area contributed by atoms with Crippen molar-refractivity contribution in [2.45, 2.75) is 17.4 Å². The van der Waals surface area contributed by atoms with E-state index in [0.717, 1.165) is 17.7 Å². The Kier molecular flexibility index (Phi) is 2.26. The van der Waals surface area contributed by atoms with Crippen LogP contribution in [0.25, 0.3) is 0 Å². The first-order valence-electron chi connectivity index (χ1n) is 4.23. The van der Waals surface area contributed by atoms with Crippen LogP contribution in [0.2, 0.25) is 0 Å². The molecule has 2 nitrogen and oxygen atoms in total. The molecule has 1 aromatic carbocycles. The molecular formula is C10H10N2S. The molecule has 0 aliphatic carbocycles. The van der Waals surface area contributed by atoms with Gasteiger partial charge in [-0.3, -0.25) is 0 Å². The first kappa shape index (κ1) is 8.61. The number of thioether (sulfide) groups is 1. The molecule has 0 unspecified atom stereocenters. The van der Waals surface area contributed by atoms with Gasteiger partial charge in [-0.1, -0.05) is 0 Å². The van der Waals surface area contributed by atoms with Gasteiger partial charge in [0.15, 0.2) is 0 Å². The fraction of sp³-hybridized carbons (Fsp3) is 0.300. The molecule has 1 atom stereocenters. The summed E-state index contributed by atoms with van der Waals surface area (Å²) in [5.41, 5.74) is 7.79. The second-order valence-electron chi connectivity index (χ2n) is 3.11. The van der Waals surface area contributed by atoms with Crippen molar-refractivity contribution < 1.29 is 0 Å². The van der Waals surface area contributed by atoms with Gasteiger partial charge in [0.05, 0.1) is 11.6 Å². The van der Waals surface area contributed by atoms with Gasteiger partial charge in [0.1, 0.15) is 0 Å². The maximum Gasteiger partial charge on any atom is 0.0991 e. The minimum atomic E-state index is 0.115. The van der Waals surface area contributed by atoms with Gasteiger partial charge in [-0.25, -0.2) is 0 Å². The van der Waals surface area contributed by atoms with Crippen LogP contribution in [0.15, 0.2) is 23.1 Å². The van der Waals surface area contributed by atoms with Crippen molar-refractivity contribution in [1.82, 2.24) is 0 Å². The number of fused-ring (bicyclic) bond motifs is 1. The largest absolute Gasteiger partial charge is 0.324 e. The molecule has 0 fully saturated rings. The lowest BCUT2D eigenvalue weighted by molar-refractivity contribution is 0.680. The number of rotatable bonds is 0. The van der Waals surface area contributed by atoms with Crippen molar-refractivity contribution in [3.05, 3.63) is 29.3 Å². The zero-order valence-electron chi connectivity index (χ0n) is 7.16. The Morgan fingerprint density at radius 1 is 1.54 bits per heavy atom. The third-order valence-corrected chi connectivity index (χ3v) is 3.35. The van der Waals surface area contributed by atoms with Crippen molar-refractivity contribution in [2.75, 3.05) is 5.75 Å². The fourth-order valence-electron chi connectivity index (χ4n) is 1.49. The van der Waals surface area contributed by atoms with E-state index in [0.29, 0.717) is 5.56 Å². The normalized spacial score (nSPS) is 20.5. The Bertz CT molecular complexity index is 368. The Morgan fingerprint density at radius 3 is 3.15 bits per heavy atom. The summed E-state index contributed by atoms with van der Waals surface area (Å²) < 4.78 is 0. The van der Waals surface area contributed by atoms with E-state index < -0.39 is 0 Å². The average molecular weight is 190 g/mol. The molecule has 66 valence electrons. The fourth-order valence-corrected chi connectivity index (χ4v) is 2.62. The lowest BCUT2D eigenvalue weighted by atomic mass is 10.0. The number of benzene rings is 1. The van der Waals surface area contributed by atoms with E-state index in [9.17, 15) is 0 Å². The van der Waals surface area contributed by atoms with Gasteiger partial charge in [0.25, 0.3) is 0 Å². The van der Waals surface area contributed by atoms with E-state index in [2.05, 4.69) is 6.07 Å². The van der Waals surface area contributed by atoms with E-state index >= 15 is 0 Å². The molecule has 0 saturated carbocycles. The second kappa shape index (κ2) is 3.41. The molecule has 1 aliphatic rings. The quantitative estimate of drug-likeness (QED) is 0.681. The zero-order valence-corrected chi connectivity index (χ0v) is 7.97. The number of nitriles is 1. The molecule has 1 aromatic rings. The highest BCUT2D eigenvalue weighted by molar-refractivity contribution is 7.99. The molecule has 1 heterocycles. The van der Waals surface area contributed by atoms with Crippen molar-refractivity contribution in [2.24, 2.45) is 5.73 Å². The Morgan fingerprint density at radius 2 is 2.38 bits per heavy atom.